The summed E-state index contributed by atoms with van der Waals surface area (Å²) in [6, 6.07) is 18.8. The van der Waals surface area contributed by atoms with Gasteiger partial charge in [-0.3, -0.25) is 0 Å². The molecule has 126 valence electrons. The molecule has 0 heterocycles. The van der Waals surface area contributed by atoms with Crippen molar-refractivity contribution >= 4 is 5.97 Å². The highest BCUT2D eigenvalue weighted by molar-refractivity contribution is 5.90. The van der Waals surface area contributed by atoms with Crippen LogP contribution in [0.3, 0.4) is 0 Å². The molecule has 0 unspecified atom stereocenters. The molecule has 0 radical (unpaired) electrons. The number of carboxylic acid groups (broad SMARTS) is 1. The van der Waals surface area contributed by atoms with Gasteiger partial charge < -0.3 is 20.1 Å². The van der Waals surface area contributed by atoms with Gasteiger partial charge in [-0.2, -0.15) is 0 Å². The molecule has 0 spiro atoms. The van der Waals surface area contributed by atoms with E-state index >= 15 is 0 Å². The zero-order valence-electron chi connectivity index (χ0n) is 13.2. The van der Waals surface area contributed by atoms with Crippen LogP contribution in [0.4, 0.5) is 0 Å². The number of carboxylic acids is 1. The van der Waals surface area contributed by atoms with Crippen LogP contribution in [0.1, 0.15) is 15.9 Å². The molecule has 0 amide bonds. The normalized spacial score (nSPS) is 10.4. The minimum Gasteiger partial charge on any atom is -0.508 e. The Balaban J connectivity index is 1.68. The minimum atomic E-state index is -1.19. The van der Waals surface area contributed by atoms with Crippen molar-refractivity contribution in [2.75, 3.05) is 0 Å². The van der Waals surface area contributed by atoms with Crippen LogP contribution in [0.2, 0.25) is 0 Å². The highest BCUT2D eigenvalue weighted by atomic mass is 16.5. The van der Waals surface area contributed by atoms with Crippen molar-refractivity contribution < 1.29 is 24.9 Å². The topological polar surface area (TPSA) is 87.0 Å². The van der Waals surface area contributed by atoms with E-state index in [-0.39, 0.29) is 23.7 Å². The number of hydrogen-bond donors (Lipinski definition) is 3. The maximum Gasteiger partial charge on any atom is 0.339 e. The maximum absolute atomic E-state index is 10.9. The van der Waals surface area contributed by atoms with Gasteiger partial charge in [-0.05, 0) is 41.0 Å². The van der Waals surface area contributed by atoms with Crippen molar-refractivity contribution in [2.24, 2.45) is 0 Å². The molecule has 5 heteroatoms. The van der Waals surface area contributed by atoms with Gasteiger partial charge in [0.05, 0.1) is 0 Å². The molecule has 25 heavy (non-hydrogen) atoms. The summed E-state index contributed by atoms with van der Waals surface area (Å²) in [6.45, 7) is 0.284. The van der Waals surface area contributed by atoms with Crippen LogP contribution in [0.15, 0.2) is 66.7 Å². The number of phenols is 2. The van der Waals surface area contributed by atoms with Crippen molar-refractivity contribution in [2.45, 2.75) is 6.61 Å². The molecule has 3 N–H and O–H groups in total. The van der Waals surface area contributed by atoms with E-state index in [9.17, 15) is 15.0 Å². The van der Waals surface area contributed by atoms with Crippen molar-refractivity contribution in [3.8, 4) is 28.4 Å². The molecule has 0 bridgehead atoms. The van der Waals surface area contributed by atoms with Crippen LogP contribution in [-0.2, 0) is 6.61 Å². The Hall–Kier alpha value is -3.47. The Kier molecular flexibility index (Phi) is 4.57. The van der Waals surface area contributed by atoms with Gasteiger partial charge in [0.2, 0.25) is 0 Å². The third-order valence-electron chi connectivity index (χ3n) is 3.74. The Morgan fingerprint density at radius 1 is 0.880 bits per heavy atom. The molecule has 0 saturated carbocycles. The van der Waals surface area contributed by atoms with E-state index in [1.54, 1.807) is 18.2 Å². The number of benzene rings is 3. The van der Waals surface area contributed by atoms with E-state index in [2.05, 4.69) is 0 Å². The second-order valence-corrected chi connectivity index (χ2v) is 5.52. The van der Waals surface area contributed by atoms with E-state index in [1.807, 2.05) is 30.3 Å². The predicted molar refractivity (Wildman–Crippen MR) is 92.9 cm³/mol. The first-order valence-corrected chi connectivity index (χ1v) is 7.60. The summed E-state index contributed by atoms with van der Waals surface area (Å²) in [7, 11) is 0. The fraction of sp³-hybridized carbons (Fsp3) is 0.0500. The summed E-state index contributed by atoms with van der Waals surface area (Å²) >= 11 is 0. The first kappa shape index (κ1) is 16.4. The van der Waals surface area contributed by atoms with Crippen LogP contribution < -0.4 is 4.74 Å². The Labute approximate surface area is 144 Å². The monoisotopic (exact) mass is 336 g/mol. The smallest absolute Gasteiger partial charge is 0.339 e. The molecular formula is C20H16O5. The van der Waals surface area contributed by atoms with E-state index in [0.29, 0.717) is 5.75 Å². The molecule has 0 aliphatic carbocycles. The Bertz CT molecular complexity index is 900. The Morgan fingerprint density at radius 2 is 1.64 bits per heavy atom. The molecular weight excluding hydrogens is 320 g/mol. The summed E-state index contributed by atoms with van der Waals surface area (Å²) < 4.78 is 5.58. The second-order valence-electron chi connectivity index (χ2n) is 5.52. The maximum atomic E-state index is 10.9. The number of carbonyl (C=O) groups is 1. The average molecular weight is 336 g/mol. The van der Waals surface area contributed by atoms with Gasteiger partial charge in [0.25, 0.3) is 0 Å². The van der Waals surface area contributed by atoms with Gasteiger partial charge in [-0.25, -0.2) is 4.79 Å². The third-order valence-corrected chi connectivity index (χ3v) is 3.74. The molecule has 0 atom stereocenters. The van der Waals surface area contributed by atoms with Gasteiger partial charge in [-0.15, -0.1) is 0 Å². The average Bonchev–Trinajstić information content (AvgIpc) is 2.60. The first-order valence-electron chi connectivity index (χ1n) is 7.60. The highest BCUT2D eigenvalue weighted by Crippen LogP contribution is 2.26. The molecule has 0 aliphatic rings. The van der Waals surface area contributed by atoms with Crippen molar-refractivity contribution in [1.82, 2.24) is 0 Å². The largest absolute Gasteiger partial charge is 0.508 e. The summed E-state index contributed by atoms with van der Waals surface area (Å²) in [6.07, 6.45) is 0. The molecule has 0 saturated heterocycles. The fourth-order valence-corrected chi connectivity index (χ4v) is 2.43. The second kappa shape index (κ2) is 6.97. The molecule has 3 aromatic rings. The molecule has 0 fully saturated rings. The van der Waals surface area contributed by atoms with Crippen LogP contribution in [0.25, 0.3) is 11.1 Å². The molecule has 3 rings (SSSR count). The highest BCUT2D eigenvalue weighted by Gasteiger charge is 2.10. The van der Waals surface area contributed by atoms with Crippen LogP contribution in [0.5, 0.6) is 17.2 Å². The lowest BCUT2D eigenvalue weighted by Crippen LogP contribution is -1.99. The van der Waals surface area contributed by atoms with Crippen molar-refractivity contribution in [3.05, 3.63) is 77.9 Å². The van der Waals surface area contributed by atoms with Gasteiger partial charge in [0.15, 0.2) is 0 Å². The minimum absolute atomic E-state index is 0.164. The SMILES string of the molecule is O=C(O)c1ccc(OCc2ccc(-c3cccc(O)c3)cc2)cc1O. The standard InChI is InChI=1S/C20H16O5/c21-16-3-1-2-15(10-16)14-6-4-13(5-7-14)12-25-17-8-9-18(20(23)24)19(22)11-17/h1-11,21-22H,12H2,(H,23,24). The van der Waals surface area contributed by atoms with Crippen molar-refractivity contribution in [1.29, 1.82) is 0 Å². The third kappa shape index (κ3) is 3.90. The molecule has 5 nitrogen and oxygen atoms in total. The predicted octanol–water partition coefficient (Wildman–Crippen LogP) is 4.04. The Morgan fingerprint density at radius 3 is 2.28 bits per heavy atom. The number of rotatable bonds is 5. The zero-order chi connectivity index (χ0) is 17.8. The van der Waals surface area contributed by atoms with Crippen LogP contribution >= 0.6 is 0 Å². The van der Waals surface area contributed by atoms with Crippen molar-refractivity contribution in [3.63, 3.8) is 0 Å². The molecule has 3 aromatic carbocycles. The number of phenolic OH excluding ortho intramolecular Hbond substituents is 1. The summed E-state index contributed by atoms with van der Waals surface area (Å²) in [5.74, 6) is -0.912. The van der Waals surface area contributed by atoms with Crippen LogP contribution in [-0.4, -0.2) is 21.3 Å². The lowest BCUT2D eigenvalue weighted by atomic mass is 10.0. The van der Waals surface area contributed by atoms with E-state index in [4.69, 9.17) is 9.84 Å². The summed E-state index contributed by atoms with van der Waals surface area (Å²) in [4.78, 5) is 10.9. The zero-order valence-corrected chi connectivity index (χ0v) is 13.2. The van der Waals surface area contributed by atoms with Gasteiger partial charge >= 0.3 is 5.97 Å². The molecule has 0 aliphatic heterocycles. The van der Waals surface area contributed by atoms with Gasteiger partial charge in [0.1, 0.15) is 29.4 Å². The summed E-state index contributed by atoms with van der Waals surface area (Å²) in [5.41, 5.74) is 2.65. The van der Waals surface area contributed by atoms with E-state index in [1.165, 1.54) is 18.2 Å². The lowest BCUT2D eigenvalue weighted by Gasteiger charge is -2.09. The van der Waals surface area contributed by atoms with Gasteiger partial charge in [0, 0.05) is 6.07 Å². The quantitative estimate of drug-likeness (QED) is 0.654. The van der Waals surface area contributed by atoms with E-state index < -0.39 is 5.97 Å². The molecule has 0 aromatic heterocycles. The number of hydrogen-bond acceptors (Lipinski definition) is 4. The van der Waals surface area contributed by atoms with E-state index in [0.717, 1.165) is 16.7 Å². The van der Waals surface area contributed by atoms with Crippen LogP contribution in [0, 0.1) is 0 Å². The number of aromatic hydroxyl groups is 2. The number of ether oxygens (including phenoxy) is 1. The number of aromatic carboxylic acids is 1. The summed E-state index contributed by atoms with van der Waals surface area (Å²) in [5, 5.41) is 28.1. The van der Waals surface area contributed by atoms with Gasteiger partial charge in [-0.1, -0.05) is 36.4 Å². The lowest BCUT2D eigenvalue weighted by molar-refractivity contribution is 0.0693. The first-order chi connectivity index (χ1) is 12.0. The fourth-order valence-electron chi connectivity index (χ4n) is 2.43.